The number of aliphatic carboxylic acids is 1. The summed E-state index contributed by atoms with van der Waals surface area (Å²) in [7, 11) is 0. The highest BCUT2D eigenvalue weighted by Crippen LogP contribution is 2.36. The van der Waals surface area contributed by atoms with Crippen LogP contribution in [0.25, 0.3) is 0 Å². The van der Waals surface area contributed by atoms with Crippen molar-refractivity contribution in [1.82, 2.24) is 4.90 Å². The molecule has 1 aromatic carbocycles. The summed E-state index contributed by atoms with van der Waals surface area (Å²) >= 11 is 3.34. The Morgan fingerprint density at radius 1 is 1.42 bits per heavy atom. The van der Waals surface area contributed by atoms with Crippen molar-refractivity contribution in [1.29, 1.82) is 0 Å². The Morgan fingerprint density at radius 3 is 2.71 bits per heavy atom. The Hall–Kier alpha value is -1.67. The molecule has 0 unspecified atom stereocenters. The molecule has 130 valence electrons. The van der Waals surface area contributed by atoms with Crippen LogP contribution in [0.2, 0.25) is 0 Å². The zero-order valence-electron chi connectivity index (χ0n) is 13.2. The number of hydrogen-bond donors (Lipinski definition) is 2. The van der Waals surface area contributed by atoms with E-state index in [2.05, 4.69) is 21.2 Å². The van der Waals surface area contributed by atoms with Crippen molar-refractivity contribution in [2.45, 2.75) is 37.8 Å². The van der Waals surface area contributed by atoms with Gasteiger partial charge in [-0.3, -0.25) is 19.8 Å². The summed E-state index contributed by atoms with van der Waals surface area (Å²) in [6, 6.07) is 5.22. The van der Waals surface area contributed by atoms with Crippen LogP contribution in [0.5, 0.6) is 0 Å². The van der Waals surface area contributed by atoms with Crippen molar-refractivity contribution in [3.8, 4) is 0 Å². The van der Waals surface area contributed by atoms with E-state index >= 15 is 0 Å². The van der Waals surface area contributed by atoms with E-state index in [-0.39, 0.29) is 24.3 Å². The van der Waals surface area contributed by atoms with Crippen LogP contribution in [0.3, 0.4) is 0 Å². The van der Waals surface area contributed by atoms with Gasteiger partial charge in [-0.05, 0) is 43.7 Å². The maximum Gasteiger partial charge on any atom is 0.317 e. The normalized spacial score (nSPS) is 22.9. The first-order chi connectivity index (χ1) is 11.4. The number of rotatable bonds is 8. The number of nitrogens with zero attached hydrogens (tertiary/aromatic N) is 2. The van der Waals surface area contributed by atoms with Gasteiger partial charge >= 0.3 is 5.97 Å². The summed E-state index contributed by atoms with van der Waals surface area (Å²) in [6.07, 6.45) is 4.00. The van der Waals surface area contributed by atoms with E-state index in [4.69, 9.17) is 5.11 Å². The highest BCUT2D eigenvalue weighted by Gasteiger charge is 2.37. The Morgan fingerprint density at radius 2 is 2.12 bits per heavy atom. The molecule has 0 radical (unpaired) electrons. The first kappa shape index (κ1) is 17.2. The summed E-state index contributed by atoms with van der Waals surface area (Å²) in [6.45, 7) is 0.922. The molecule has 24 heavy (non-hydrogen) atoms. The predicted octanol–water partition coefficient (Wildman–Crippen LogP) is 3.10. The Kier molecular flexibility index (Phi) is 5.05. The number of anilines is 1. The molecule has 0 heterocycles. The maximum atomic E-state index is 11.1. The molecule has 3 rings (SSSR count). The first-order valence-electron chi connectivity index (χ1n) is 8.08. The molecule has 2 N–H and O–H groups in total. The van der Waals surface area contributed by atoms with Crippen LogP contribution in [-0.4, -0.2) is 46.1 Å². The molecule has 0 atom stereocenters. The smallest absolute Gasteiger partial charge is 0.317 e. The van der Waals surface area contributed by atoms with Crippen LogP contribution >= 0.6 is 15.9 Å². The van der Waals surface area contributed by atoms with E-state index in [9.17, 15) is 14.9 Å². The molecule has 7 nitrogen and oxygen atoms in total. The minimum absolute atomic E-state index is 0.0574. The molecular weight excluding hydrogens is 378 g/mol. The van der Waals surface area contributed by atoms with E-state index < -0.39 is 10.9 Å². The Bertz CT molecular complexity index is 644. The van der Waals surface area contributed by atoms with Crippen molar-refractivity contribution >= 4 is 33.3 Å². The minimum Gasteiger partial charge on any atom is -0.480 e. The van der Waals surface area contributed by atoms with Gasteiger partial charge in [-0.15, -0.1) is 0 Å². The standard InChI is InChI=1S/C16H20BrN3O4/c17-11-3-4-15(20(23)24)14(5-11)18-12-6-13(7-12)19(9-16(21)22)8-10-1-2-10/h3-5,10,12-13,18H,1-2,6-9H2,(H,21,22). The van der Waals surface area contributed by atoms with Gasteiger partial charge in [-0.25, -0.2) is 0 Å². The zero-order valence-corrected chi connectivity index (χ0v) is 14.7. The molecule has 0 bridgehead atoms. The quantitative estimate of drug-likeness (QED) is 0.516. The molecular formula is C16H20BrN3O4. The van der Waals surface area contributed by atoms with Gasteiger partial charge in [0, 0.05) is 29.2 Å². The number of nitro benzene ring substituents is 1. The van der Waals surface area contributed by atoms with Crippen LogP contribution in [0.4, 0.5) is 11.4 Å². The number of carbonyl (C=O) groups is 1. The average molecular weight is 398 g/mol. The van der Waals surface area contributed by atoms with Crippen molar-refractivity contribution in [2.24, 2.45) is 5.92 Å². The van der Waals surface area contributed by atoms with Gasteiger partial charge in [0.25, 0.3) is 5.69 Å². The van der Waals surface area contributed by atoms with Crippen molar-refractivity contribution < 1.29 is 14.8 Å². The summed E-state index contributed by atoms with van der Waals surface area (Å²) in [5, 5.41) is 23.4. The van der Waals surface area contributed by atoms with Gasteiger partial charge in [0.15, 0.2) is 0 Å². The van der Waals surface area contributed by atoms with Crippen molar-refractivity contribution in [3.05, 3.63) is 32.8 Å². The number of benzene rings is 1. The van der Waals surface area contributed by atoms with E-state index in [1.165, 1.54) is 18.9 Å². The third-order valence-corrected chi connectivity index (χ3v) is 5.17. The molecule has 0 saturated heterocycles. The minimum atomic E-state index is -0.797. The number of hydrogen-bond acceptors (Lipinski definition) is 5. The van der Waals surface area contributed by atoms with E-state index in [1.54, 1.807) is 12.1 Å². The molecule has 0 spiro atoms. The topological polar surface area (TPSA) is 95.7 Å². The lowest BCUT2D eigenvalue weighted by Crippen LogP contribution is -2.52. The van der Waals surface area contributed by atoms with Crippen molar-refractivity contribution in [2.75, 3.05) is 18.4 Å². The third kappa shape index (κ3) is 4.24. The van der Waals surface area contributed by atoms with Crippen molar-refractivity contribution in [3.63, 3.8) is 0 Å². The molecule has 8 heteroatoms. The van der Waals surface area contributed by atoms with Gasteiger partial charge in [0.2, 0.25) is 0 Å². The SMILES string of the molecule is O=C(O)CN(CC1CC1)C1CC(Nc2cc(Br)ccc2[N+](=O)[O-])C1. The van der Waals surface area contributed by atoms with Crippen LogP contribution < -0.4 is 5.32 Å². The summed E-state index contributed by atoms with van der Waals surface area (Å²) in [5.74, 6) is -0.155. The van der Waals surface area contributed by atoms with Crippen LogP contribution in [0.1, 0.15) is 25.7 Å². The average Bonchev–Trinajstić information content (AvgIpc) is 3.25. The largest absolute Gasteiger partial charge is 0.480 e. The van der Waals surface area contributed by atoms with E-state index in [0.29, 0.717) is 11.6 Å². The van der Waals surface area contributed by atoms with Gasteiger partial charge in [0.05, 0.1) is 11.5 Å². The van der Waals surface area contributed by atoms with E-state index in [1.807, 2.05) is 4.90 Å². The second-order valence-electron chi connectivity index (χ2n) is 6.65. The van der Waals surface area contributed by atoms with Gasteiger partial charge in [-0.1, -0.05) is 15.9 Å². The monoisotopic (exact) mass is 397 g/mol. The van der Waals surface area contributed by atoms with Crippen LogP contribution in [-0.2, 0) is 4.79 Å². The lowest BCUT2D eigenvalue weighted by Gasteiger charge is -2.43. The second-order valence-corrected chi connectivity index (χ2v) is 7.57. The number of carboxylic acids is 1. The molecule has 1 aromatic rings. The summed E-state index contributed by atoms with van der Waals surface area (Å²) < 4.78 is 0.785. The number of carboxylic acid groups (broad SMARTS) is 1. The molecule has 2 aliphatic rings. The third-order valence-electron chi connectivity index (χ3n) is 4.67. The first-order valence-corrected chi connectivity index (χ1v) is 8.88. The van der Waals surface area contributed by atoms with Crippen LogP contribution in [0, 0.1) is 16.0 Å². The summed E-state index contributed by atoms with van der Waals surface area (Å²) in [5.41, 5.74) is 0.562. The Labute approximate surface area is 148 Å². The van der Waals surface area contributed by atoms with Gasteiger partial charge < -0.3 is 10.4 Å². The molecule has 0 aromatic heterocycles. The molecule has 2 saturated carbocycles. The lowest BCUT2D eigenvalue weighted by molar-refractivity contribution is -0.384. The van der Waals surface area contributed by atoms with Gasteiger partial charge in [-0.2, -0.15) is 0 Å². The second kappa shape index (κ2) is 7.06. The maximum absolute atomic E-state index is 11.1. The number of halogens is 1. The van der Waals surface area contributed by atoms with E-state index in [0.717, 1.165) is 23.9 Å². The van der Waals surface area contributed by atoms with Crippen LogP contribution in [0.15, 0.2) is 22.7 Å². The lowest BCUT2D eigenvalue weighted by atomic mass is 9.85. The zero-order chi connectivity index (χ0) is 17.3. The number of nitrogens with one attached hydrogen (secondary N) is 1. The molecule has 0 aliphatic heterocycles. The fraction of sp³-hybridized carbons (Fsp3) is 0.562. The highest BCUT2D eigenvalue weighted by molar-refractivity contribution is 9.10. The Balaban J connectivity index is 1.58. The fourth-order valence-electron chi connectivity index (χ4n) is 3.16. The molecule has 2 fully saturated rings. The molecule has 2 aliphatic carbocycles. The predicted molar refractivity (Wildman–Crippen MR) is 93.2 cm³/mol. The molecule has 0 amide bonds. The summed E-state index contributed by atoms with van der Waals surface area (Å²) in [4.78, 5) is 23.8. The highest BCUT2D eigenvalue weighted by atomic mass is 79.9. The fourth-order valence-corrected chi connectivity index (χ4v) is 3.52. The van der Waals surface area contributed by atoms with Gasteiger partial charge in [0.1, 0.15) is 5.69 Å². The number of nitro groups is 1.